The number of piperidine rings is 1. The maximum Gasteiger partial charge on any atom is 0.355 e. The smallest absolute Gasteiger partial charge is 0.355 e. The van der Waals surface area contributed by atoms with Crippen LogP contribution in [0.1, 0.15) is 35.6 Å². The second kappa shape index (κ2) is 4.64. The van der Waals surface area contributed by atoms with Crippen LogP contribution in [0.25, 0.3) is 0 Å². The maximum absolute atomic E-state index is 11.0. The van der Waals surface area contributed by atoms with Gasteiger partial charge in [-0.2, -0.15) is 0 Å². The van der Waals surface area contributed by atoms with Crippen molar-refractivity contribution in [1.82, 2.24) is 4.98 Å². The highest BCUT2D eigenvalue weighted by molar-refractivity contribution is 7.15. The van der Waals surface area contributed by atoms with Crippen molar-refractivity contribution >= 4 is 22.4 Å². The van der Waals surface area contributed by atoms with E-state index in [1.54, 1.807) is 0 Å². The van der Waals surface area contributed by atoms with Gasteiger partial charge in [-0.05, 0) is 25.2 Å². The van der Waals surface area contributed by atoms with Gasteiger partial charge in [-0.15, -0.1) is 11.3 Å². The highest BCUT2D eigenvalue weighted by Crippen LogP contribution is 2.31. The van der Waals surface area contributed by atoms with Gasteiger partial charge in [0.05, 0.1) is 0 Å². The van der Waals surface area contributed by atoms with Crippen molar-refractivity contribution in [2.45, 2.75) is 27.2 Å². The Morgan fingerprint density at radius 1 is 1.41 bits per heavy atom. The van der Waals surface area contributed by atoms with Crippen molar-refractivity contribution < 1.29 is 9.90 Å². The lowest BCUT2D eigenvalue weighted by Gasteiger charge is -2.34. The monoisotopic (exact) mass is 254 g/mol. The number of carboxylic acids is 1. The lowest BCUT2D eigenvalue weighted by atomic mass is 9.92. The second-order valence-corrected chi connectivity index (χ2v) is 6.24. The number of hydrogen-bond acceptors (Lipinski definition) is 4. The molecule has 0 radical (unpaired) electrons. The molecule has 2 heterocycles. The second-order valence-electron chi connectivity index (χ2n) is 5.06. The first-order valence-corrected chi connectivity index (χ1v) is 6.74. The summed E-state index contributed by atoms with van der Waals surface area (Å²) in [5.74, 6) is 0.371. The van der Waals surface area contributed by atoms with E-state index in [4.69, 9.17) is 5.11 Å². The van der Waals surface area contributed by atoms with Gasteiger partial charge in [0.15, 0.2) is 10.8 Å². The first kappa shape index (κ1) is 12.4. The molecule has 1 aliphatic rings. The van der Waals surface area contributed by atoms with Gasteiger partial charge in [0.25, 0.3) is 0 Å². The third-order valence-electron chi connectivity index (χ3n) is 3.13. The summed E-state index contributed by atoms with van der Waals surface area (Å²) in [7, 11) is 0. The molecule has 2 rings (SSSR count). The van der Waals surface area contributed by atoms with Crippen LogP contribution >= 0.6 is 11.3 Å². The summed E-state index contributed by atoms with van der Waals surface area (Å²) >= 11 is 1.49. The van der Waals surface area contributed by atoms with Crippen molar-refractivity contribution in [2.24, 2.45) is 11.8 Å². The van der Waals surface area contributed by atoms with E-state index in [9.17, 15) is 4.79 Å². The molecule has 2 atom stereocenters. The molecule has 0 spiro atoms. The number of carboxylic acid groups (broad SMARTS) is 1. The number of thiazole rings is 1. The summed E-state index contributed by atoms with van der Waals surface area (Å²) in [5, 5.41) is 9.87. The van der Waals surface area contributed by atoms with Gasteiger partial charge in [-0.25, -0.2) is 9.78 Å². The minimum atomic E-state index is -0.928. The van der Waals surface area contributed by atoms with Crippen LogP contribution in [0.4, 0.5) is 5.13 Å². The number of anilines is 1. The van der Waals surface area contributed by atoms with Crippen molar-refractivity contribution in [3.63, 3.8) is 0 Å². The average Bonchev–Trinajstić information content (AvgIpc) is 2.59. The molecule has 1 aromatic rings. The van der Waals surface area contributed by atoms with Crippen LogP contribution < -0.4 is 4.90 Å². The van der Waals surface area contributed by atoms with Crippen LogP contribution in [0.2, 0.25) is 0 Å². The fourth-order valence-corrected chi connectivity index (χ4v) is 3.45. The normalized spacial score (nSPS) is 25.0. The highest BCUT2D eigenvalue weighted by Gasteiger charge is 2.25. The minimum absolute atomic E-state index is 0.205. The van der Waals surface area contributed by atoms with Crippen molar-refractivity contribution in [3.05, 3.63) is 10.6 Å². The fraction of sp³-hybridized carbons (Fsp3) is 0.667. The van der Waals surface area contributed by atoms with Crippen LogP contribution in [0, 0.1) is 18.8 Å². The van der Waals surface area contributed by atoms with E-state index in [1.165, 1.54) is 17.8 Å². The molecule has 1 aromatic heterocycles. The lowest BCUT2D eigenvalue weighted by Crippen LogP contribution is -2.38. The zero-order chi connectivity index (χ0) is 12.6. The molecule has 2 unspecified atom stereocenters. The van der Waals surface area contributed by atoms with Crippen LogP contribution in [0.5, 0.6) is 0 Å². The topological polar surface area (TPSA) is 53.4 Å². The van der Waals surface area contributed by atoms with Gasteiger partial charge in [-0.1, -0.05) is 13.8 Å². The van der Waals surface area contributed by atoms with Crippen LogP contribution in [-0.2, 0) is 0 Å². The van der Waals surface area contributed by atoms with E-state index in [2.05, 4.69) is 23.7 Å². The molecule has 1 N–H and O–H groups in total. The molecule has 94 valence electrons. The van der Waals surface area contributed by atoms with E-state index < -0.39 is 5.97 Å². The third-order valence-corrected chi connectivity index (χ3v) is 4.16. The average molecular weight is 254 g/mol. The standard InChI is InChI=1S/C12H18N2O2S/c1-7-4-8(2)6-14(5-7)12-13-10(11(15)16)9(3)17-12/h7-8H,4-6H2,1-3H3,(H,15,16). The van der Waals surface area contributed by atoms with Gasteiger partial charge in [0, 0.05) is 18.0 Å². The number of aromatic nitrogens is 1. The zero-order valence-electron chi connectivity index (χ0n) is 10.4. The minimum Gasteiger partial charge on any atom is -0.476 e. The Bertz CT molecular complexity index is 420. The Balaban J connectivity index is 2.22. The third kappa shape index (κ3) is 2.60. The maximum atomic E-state index is 11.0. The highest BCUT2D eigenvalue weighted by atomic mass is 32.1. The summed E-state index contributed by atoms with van der Waals surface area (Å²) in [6.45, 7) is 8.26. The van der Waals surface area contributed by atoms with E-state index >= 15 is 0 Å². The summed E-state index contributed by atoms with van der Waals surface area (Å²) in [6.07, 6.45) is 1.24. The van der Waals surface area contributed by atoms with Crippen LogP contribution in [0.3, 0.4) is 0 Å². The Morgan fingerprint density at radius 2 is 2.00 bits per heavy atom. The van der Waals surface area contributed by atoms with Crippen molar-refractivity contribution in [1.29, 1.82) is 0 Å². The predicted molar refractivity (Wildman–Crippen MR) is 69.0 cm³/mol. The van der Waals surface area contributed by atoms with Gasteiger partial charge in [0.2, 0.25) is 0 Å². The van der Waals surface area contributed by atoms with Gasteiger partial charge in [-0.3, -0.25) is 0 Å². The van der Waals surface area contributed by atoms with Crippen molar-refractivity contribution in [3.8, 4) is 0 Å². The van der Waals surface area contributed by atoms with E-state index in [1.807, 2.05) is 6.92 Å². The van der Waals surface area contributed by atoms with E-state index in [0.717, 1.165) is 23.1 Å². The number of nitrogens with zero attached hydrogens (tertiary/aromatic N) is 2. The summed E-state index contributed by atoms with van der Waals surface area (Å²) in [6, 6.07) is 0. The number of hydrogen-bond donors (Lipinski definition) is 1. The van der Waals surface area contributed by atoms with E-state index in [0.29, 0.717) is 11.8 Å². The van der Waals surface area contributed by atoms with Crippen LogP contribution in [0.15, 0.2) is 0 Å². The predicted octanol–water partition coefficient (Wildman–Crippen LogP) is 2.63. The number of aryl methyl sites for hydroxylation is 1. The Hall–Kier alpha value is -1.10. The van der Waals surface area contributed by atoms with E-state index in [-0.39, 0.29) is 5.69 Å². The summed E-state index contributed by atoms with van der Waals surface area (Å²) in [4.78, 5) is 18.2. The molecular formula is C12H18N2O2S. The fourth-order valence-electron chi connectivity index (χ4n) is 2.54. The molecule has 1 saturated heterocycles. The Labute approximate surface area is 105 Å². The molecule has 0 bridgehead atoms. The largest absolute Gasteiger partial charge is 0.476 e. The molecule has 0 amide bonds. The van der Waals surface area contributed by atoms with Crippen LogP contribution in [-0.4, -0.2) is 29.1 Å². The molecule has 17 heavy (non-hydrogen) atoms. The number of carbonyl (C=O) groups is 1. The quantitative estimate of drug-likeness (QED) is 0.881. The van der Waals surface area contributed by atoms with Gasteiger partial charge in [0.1, 0.15) is 0 Å². The number of rotatable bonds is 2. The molecule has 0 aromatic carbocycles. The summed E-state index contributed by atoms with van der Waals surface area (Å²) in [5.41, 5.74) is 0.205. The summed E-state index contributed by atoms with van der Waals surface area (Å²) < 4.78 is 0. The Kier molecular flexibility index (Phi) is 3.38. The number of aromatic carboxylic acids is 1. The first-order valence-electron chi connectivity index (χ1n) is 5.93. The van der Waals surface area contributed by atoms with Gasteiger partial charge >= 0.3 is 5.97 Å². The molecule has 5 heteroatoms. The molecule has 1 aliphatic heterocycles. The molecular weight excluding hydrogens is 236 g/mol. The molecule has 4 nitrogen and oxygen atoms in total. The molecule has 0 aliphatic carbocycles. The molecule has 1 fully saturated rings. The lowest BCUT2D eigenvalue weighted by molar-refractivity contribution is 0.0690. The first-order chi connectivity index (χ1) is 7.97. The SMILES string of the molecule is Cc1sc(N2CC(C)CC(C)C2)nc1C(=O)O. The Morgan fingerprint density at radius 3 is 2.47 bits per heavy atom. The molecule has 0 saturated carbocycles. The van der Waals surface area contributed by atoms with Gasteiger partial charge < -0.3 is 10.0 Å². The zero-order valence-corrected chi connectivity index (χ0v) is 11.3. The van der Waals surface area contributed by atoms with Crippen molar-refractivity contribution in [2.75, 3.05) is 18.0 Å².